The van der Waals surface area contributed by atoms with Crippen LogP contribution in [-0.4, -0.2) is 33.5 Å². The van der Waals surface area contributed by atoms with Gasteiger partial charge in [0.1, 0.15) is 12.7 Å². The van der Waals surface area contributed by atoms with E-state index in [1.165, 1.54) is 11.1 Å². The zero-order valence-corrected chi connectivity index (χ0v) is 14.2. The summed E-state index contributed by atoms with van der Waals surface area (Å²) in [5.74, 6) is 0. The highest BCUT2D eigenvalue weighted by atomic mass is 16.5. The van der Waals surface area contributed by atoms with Crippen molar-refractivity contribution in [1.82, 2.24) is 20.1 Å². The second kappa shape index (κ2) is 6.81. The van der Waals surface area contributed by atoms with Crippen LogP contribution >= 0.6 is 0 Å². The molecule has 2 atom stereocenters. The predicted octanol–water partition coefficient (Wildman–Crippen LogP) is 2.62. The van der Waals surface area contributed by atoms with E-state index in [2.05, 4.69) is 60.4 Å². The van der Waals surface area contributed by atoms with Crippen molar-refractivity contribution in [3.63, 3.8) is 0 Å². The lowest BCUT2D eigenvalue weighted by atomic mass is 9.64. The number of benzene rings is 1. The van der Waals surface area contributed by atoms with E-state index in [1.54, 1.807) is 12.7 Å². The van der Waals surface area contributed by atoms with E-state index in [9.17, 15) is 0 Å². The van der Waals surface area contributed by atoms with Gasteiger partial charge in [-0.2, -0.15) is 5.10 Å². The summed E-state index contributed by atoms with van der Waals surface area (Å²) in [7, 11) is 0. The van der Waals surface area contributed by atoms with Gasteiger partial charge in [-0.15, -0.1) is 0 Å². The molecule has 0 radical (unpaired) electrons. The minimum Gasteiger partial charge on any atom is -0.378 e. The minimum atomic E-state index is 0.211. The molecule has 0 spiro atoms. The van der Waals surface area contributed by atoms with Crippen LogP contribution < -0.4 is 5.32 Å². The summed E-state index contributed by atoms with van der Waals surface area (Å²) < 4.78 is 7.62. The molecule has 1 aliphatic rings. The number of aromatic nitrogens is 3. The van der Waals surface area contributed by atoms with E-state index >= 15 is 0 Å². The average Bonchev–Trinajstić information content (AvgIpc) is 3.04. The number of nitrogens with zero attached hydrogens (tertiary/aromatic N) is 3. The molecule has 2 unspecified atom stereocenters. The van der Waals surface area contributed by atoms with Gasteiger partial charge in [0, 0.05) is 24.6 Å². The fraction of sp³-hybridized carbons (Fsp3) is 0.556. The van der Waals surface area contributed by atoms with E-state index in [-0.39, 0.29) is 5.41 Å². The molecule has 1 heterocycles. The van der Waals surface area contributed by atoms with Gasteiger partial charge in [-0.3, -0.25) is 0 Å². The number of hydrogen-bond donors (Lipinski definition) is 1. The summed E-state index contributed by atoms with van der Waals surface area (Å²) in [5, 5.41) is 7.80. The third-order valence-corrected chi connectivity index (χ3v) is 4.93. The lowest BCUT2D eigenvalue weighted by Crippen LogP contribution is -2.60. The maximum Gasteiger partial charge on any atom is 0.137 e. The average molecular weight is 314 g/mol. The van der Waals surface area contributed by atoms with Crippen LogP contribution in [0.1, 0.15) is 38.3 Å². The van der Waals surface area contributed by atoms with Crippen molar-refractivity contribution in [3.05, 3.63) is 48.0 Å². The first-order valence-corrected chi connectivity index (χ1v) is 8.35. The van der Waals surface area contributed by atoms with Gasteiger partial charge in [-0.05, 0) is 24.5 Å². The molecular formula is C18H26N4O. The Morgan fingerprint density at radius 3 is 2.61 bits per heavy atom. The Kier molecular flexibility index (Phi) is 4.78. The third kappa shape index (κ3) is 3.62. The van der Waals surface area contributed by atoms with Crippen LogP contribution in [0.5, 0.6) is 0 Å². The van der Waals surface area contributed by atoms with Gasteiger partial charge in [-0.1, -0.05) is 38.1 Å². The first-order chi connectivity index (χ1) is 11.1. The summed E-state index contributed by atoms with van der Waals surface area (Å²) in [6.07, 6.45) is 4.79. The molecule has 0 amide bonds. The van der Waals surface area contributed by atoms with Gasteiger partial charge in [0.15, 0.2) is 0 Å². The zero-order valence-electron chi connectivity index (χ0n) is 14.2. The van der Waals surface area contributed by atoms with Crippen molar-refractivity contribution in [1.29, 1.82) is 0 Å². The van der Waals surface area contributed by atoms with Crippen LogP contribution in [0.4, 0.5) is 0 Å². The van der Waals surface area contributed by atoms with E-state index in [1.807, 2.05) is 4.68 Å². The molecule has 0 aliphatic heterocycles. The monoisotopic (exact) mass is 314 g/mol. The largest absolute Gasteiger partial charge is 0.378 e. The fourth-order valence-electron chi connectivity index (χ4n) is 3.22. The standard InChI is InChI=1S/C18H26N4O/c1-4-23-17-9-16(18(17,2)3)20-10-14-5-7-15(8-6-14)11-22-13-19-12-21-22/h5-8,12-13,16-17,20H,4,9-11H2,1-3H3. The summed E-state index contributed by atoms with van der Waals surface area (Å²) in [4.78, 5) is 3.96. The Morgan fingerprint density at radius 2 is 2.00 bits per heavy atom. The van der Waals surface area contributed by atoms with E-state index in [0.29, 0.717) is 12.1 Å². The highest BCUT2D eigenvalue weighted by Crippen LogP contribution is 2.42. The smallest absolute Gasteiger partial charge is 0.137 e. The summed E-state index contributed by atoms with van der Waals surface area (Å²) in [6.45, 7) is 9.10. The van der Waals surface area contributed by atoms with Crippen molar-refractivity contribution < 1.29 is 4.74 Å². The van der Waals surface area contributed by atoms with Gasteiger partial charge in [0.05, 0.1) is 12.6 Å². The lowest BCUT2D eigenvalue weighted by Gasteiger charge is -2.52. The van der Waals surface area contributed by atoms with Crippen molar-refractivity contribution >= 4 is 0 Å². The Hall–Kier alpha value is -1.72. The molecule has 1 aromatic heterocycles. The number of nitrogens with one attached hydrogen (secondary N) is 1. The molecule has 2 aromatic rings. The van der Waals surface area contributed by atoms with E-state index in [0.717, 1.165) is 26.1 Å². The van der Waals surface area contributed by atoms with Crippen LogP contribution in [0.3, 0.4) is 0 Å². The van der Waals surface area contributed by atoms with Crippen LogP contribution in [0.15, 0.2) is 36.9 Å². The molecule has 5 heteroatoms. The molecule has 0 bridgehead atoms. The quantitative estimate of drug-likeness (QED) is 0.853. The van der Waals surface area contributed by atoms with Crippen LogP contribution in [0.25, 0.3) is 0 Å². The van der Waals surface area contributed by atoms with Gasteiger partial charge in [0.25, 0.3) is 0 Å². The number of hydrogen-bond acceptors (Lipinski definition) is 4. The SMILES string of the molecule is CCOC1CC(NCc2ccc(Cn3cncn3)cc2)C1(C)C. The molecule has 1 fully saturated rings. The molecule has 1 aliphatic carbocycles. The molecule has 3 rings (SSSR count). The molecular weight excluding hydrogens is 288 g/mol. The van der Waals surface area contributed by atoms with Crippen molar-refractivity contribution in [2.24, 2.45) is 5.41 Å². The topological polar surface area (TPSA) is 52.0 Å². The molecule has 1 aromatic carbocycles. The van der Waals surface area contributed by atoms with Crippen LogP contribution in [0.2, 0.25) is 0 Å². The van der Waals surface area contributed by atoms with Crippen molar-refractivity contribution in [2.75, 3.05) is 6.61 Å². The maximum atomic E-state index is 5.79. The highest BCUT2D eigenvalue weighted by Gasteiger charge is 2.48. The molecule has 0 saturated heterocycles. The normalized spacial score (nSPS) is 22.7. The van der Waals surface area contributed by atoms with Crippen molar-refractivity contribution in [2.45, 2.75) is 52.4 Å². The van der Waals surface area contributed by atoms with E-state index < -0.39 is 0 Å². The van der Waals surface area contributed by atoms with Gasteiger partial charge >= 0.3 is 0 Å². The van der Waals surface area contributed by atoms with Crippen LogP contribution in [0, 0.1) is 5.41 Å². The predicted molar refractivity (Wildman–Crippen MR) is 90.0 cm³/mol. The first-order valence-electron chi connectivity index (χ1n) is 8.35. The Bertz CT molecular complexity index is 606. The molecule has 23 heavy (non-hydrogen) atoms. The molecule has 1 N–H and O–H groups in total. The third-order valence-electron chi connectivity index (χ3n) is 4.93. The highest BCUT2D eigenvalue weighted by molar-refractivity contribution is 5.23. The van der Waals surface area contributed by atoms with E-state index in [4.69, 9.17) is 4.74 Å². The minimum absolute atomic E-state index is 0.211. The first kappa shape index (κ1) is 16.1. The summed E-state index contributed by atoms with van der Waals surface area (Å²) in [6, 6.07) is 9.21. The Balaban J connectivity index is 1.49. The Morgan fingerprint density at radius 1 is 1.26 bits per heavy atom. The maximum absolute atomic E-state index is 5.79. The zero-order chi connectivity index (χ0) is 16.3. The van der Waals surface area contributed by atoms with Gasteiger partial charge in [-0.25, -0.2) is 9.67 Å². The second-order valence-electron chi connectivity index (χ2n) is 6.84. The number of ether oxygens (including phenoxy) is 1. The second-order valence-corrected chi connectivity index (χ2v) is 6.84. The molecule has 5 nitrogen and oxygen atoms in total. The fourth-order valence-corrected chi connectivity index (χ4v) is 3.22. The van der Waals surface area contributed by atoms with Crippen molar-refractivity contribution in [3.8, 4) is 0 Å². The lowest BCUT2D eigenvalue weighted by molar-refractivity contribution is -0.114. The molecule has 1 saturated carbocycles. The number of rotatable bonds is 7. The Labute approximate surface area is 138 Å². The van der Waals surface area contributed by atoms with Gasteiger partial charge in [0.2, 0.25) is 0 Å². The van der Waals surface area contributed by atoms with Crippen LogP contribution in [-0.2, 0) is 17.8 Å². The summed E-state index contributed by atoms with van der Waals surface area (Å²) >= 11 is 0. The molecule has 124 valence electrons. The summed E-state index contributed by atoms with van der Waals surface area (Å²) in [5.41, 5.74) is 2.76. The van der Waals surface area contributed by atoms with Gasteiger partial charge < -0.3 is 10.1 Å².